The van der Waals surface area contributed by atoms with Crippen molar-refractivity contribution in [3.8, 4) is 0 Å². The molecule has 1 aliphatic carbocycles. The van der Waals surface area contributed by atoms with E-state index in [1.54, 1.807) is 0 Å². The number of nitrogens with zero attached hydrogens (tertiary/aromatic N) is 1. The van der Waals surface area contributed by atoms with Crippen LogP contribution in [0.2, 0.25) is 0 Å². The summed E-state index contributed by atoms with van der Waals surface area (Å²) in [5, 5.41) is 3.10. The van der Waals surface area contributed by atoms with Crippen LogP contribution in [0, 0.1) is 17.8 Å². The van der Waals surface area contributed by atoms with E-state index in [1.807, 2.05) is 30.3 Å². The maximum atomic E-state index is 12.8. The first-order valence-corrected chi connectivity index (χ1v) is 10.3. The van der Waals surface area contributed by atoms with Crippen LogP contribution in [-0.4, -0.2) is 29.2 Å². The van der Waals surface area contributed by atoms with Gasteiger partial charge in [0.05, 0.1) is 17.9 Å². The molecule has 1 N–H and O–H groups in total. The van der Waals surface area contributed by atoms with Gasteiger partial charge in [-0.1, -0.05) is 69.9 Å². The Hall–Kier alpha value is -2.17. The highest BCUT2D eigenvalue weighted by Crippen LogP contribution is 2.38. The minimum Gasteiger partial charge on any atom is -0.347 e. The summed E-state index contributed by atoms with van der Waals surface area (Å²) in [6, 6.07) is 9.82. The molecule has 27 heavy (non-hydrogen) atoms. The molecular formula is C22H30N2O3. The molecule has 1 aliphatic heterocycles. The van der Waals surface area contributed by atoms with Gasteiger partial charge in [-0.15, -0.1) is 0 Å². The summed E-state index contributed by atoms with van der Waals surface area (Å²) in [4.78, 5) is 39.2. The summed E-state index contributed by atoms with van der Waals surface area (Å²) in [6.07, 6.45) is 5.42. The summed E-state index contributed by atoms with van der Waals surface area (Å²) in [6.45, 7) is 4.08. The Morgan fingerprint density at radius 1 is 1.04 bits per heavy atom. The molecule has 1 aromatic rings. The predicted octanol–water partition coefficient (Wildman–Crippen LogP) is 3.46. The van der Waals surface area contributed by atoms with Gasteiger partial charge in [-0.2, -0.15) is 0 Å². The molecule has 2 fully saturated rings. The molecule has 1 saturated carbocycles. The van der Waals surface area contributed by atoms with Crippen LogP contribution in [0.4, 0.5) is 0 Å². The summed E-state index contributed by atoms with van der Waals surface area (Å²) in [5.74, 6) is -0.664. The highest BCUT2D eigenvalue weighted by atomic mass is 16.2. The van der Waals surface area contributed by atoms with Crippen LogP contribution in [0.5, 0.6) is 0 Å². The predicted molar refractivity (Wildman–Crippen MR) is 104 cm³/mol. The van der Waals surface area contributed by atoms with E-state index in [-0.39, 0.29) is 42.1 Å². The third-order valence-electron chi connectivity index (χ3n) is 6.23. The minimum absolute atomic E-state index is 0.108. The van der Waals surface area contributed by atoms with Gasteiger partial charge in [0.2, 0.25) is 17.7 Å². The Kier molecular flexibility index (Phi) is 6.30. The van der Waals surface area contributed by atoms with E-state index in [4.69, 9.17) is 0 Å². The van der Waals surface area contributed by atoms with E-state index in [2.05, 4.69) is 19.2 Å². The first kappa shape index (κ1) is 19.6. The lowest BCUT2D eigenvalue weighted by atomic mass is 9.81. The molecule has 1 heterocycles. The van der Waals surface area contributed by atoms with Crippen molar-refractivity contribution in [1.82, 2.24) is 10.2 Å². The van der Waals surface area contributed by atoms with Gasteiger partial charge in [0.15, 0.2) is 0 Å². The lowest BCUT2D eigenvalue weighted by Gasteiger charge is -2.27. The molecule has 3 unspecified atom stereocenters. The van der Waals surface area contributed by atoms with E-state index < -0.39 is 0 Å². The van der Waals surface area contributed by atoms with Crippen molar-refractivity contribution in [2.75, 3.05) is 6.54 Å². The first-order chi connectivity index (χ1) is 13.1. The summed E-state index contributed by atoms with van der Waals surface area (Å²) in [7, 11) is 0. The maximum Gasteiger partial charge on any atom is 0.240 e. The van der Waals surface area contributed by atoms with Gasteiger partial charge in [-0.05, 0) is 24.3 Å². The number of hydrogen-bond donors (Lipinski definition) is 1. The molecule has 1 aromatic carbocycles. The quantitative estimate of drug-likeness (QED) is 0.748. The Labute approximate surface area is 161 Å². The molecule has 0 spiro atoms. The third-order valence-corrected chi connectivity index (χ3v) is 6.23. The number of hydrogen-bond acceptors (Lipinski definition) is 3. The van der Waals surface area contributed by atoms with Gasteiger partial charge < -0.3 is 5.32 Å². The Morgan fingerprint density at radius 3 is 2.11 bits per heavy atom. The highest BCUT2D eigenvalue weighted by molar-refractivity contribution is 6.07. The number of likely N-dealkylation sites (tertiary alicyclic amines) is 1. The van der Waals surface area contributed by atoms with Gasteiger partial charge in [0, 0.05) is 0 Å². The van der Waals surface area contributed by atoms with Crippen LogP contribution >= 0.6 is 0 Å². The fraction of sp³-hybridized carbons (Fsp3) is 0.591. The molecule has 0 radical (unpaired) electrons. The number of nitrogens with one attached hydrogen (secondary N) is 1. The molecule has 146 valence electrons. The van der Waals surface area contributed by atoms with Crippen molar-refractivity contribution in [2.24, 2.45) is 17.8 Å². The average Bonchev–Trinajstić information content (AvgIpc) is 2.94. The monoisotopic (exact) mass is 370 g/mol. The smallest absolute Gasteiger partial charge is 0.240 e. The zero-order valence-corrected chi connectivity index (χ0v) is 16.3. The Morgan fingerprint density at radius 2 is 1.59 bits per heavy atom. The van der Waals surface area contributed by atoms with E-state index in [0.717, 1.165) is 44.1 Å². The number of imide groups is 1. The third kappa shape index (κ3) is 4.07. The maximum absolute atomic E-state index is 12.8. The number of carbonyl (C=O) groups excluding carboxylic acids is 3. The van der Waals surface area contributed by atoms with E-state index >= 15 is 0 Å². The summed E-state index contributed by atoms with van der Waals surface area (Å²) < 4.78 is 0. The van der Waals surface area contributed by atoms with E-state index in [1.165, 1.54) is 4.90 Å². The SMILES string of the molecule is CCC(CC)C(NC(=O)CN1C(=O)C2CCCCC2C1=O)c1ccccc1. The molecule has 2 aliphatic rings. The van der Waals surface area contributed by atoms with Gasteiger partial charge >= 0.3 is 0 Å². The zero-order chi connectivity index (χ0) is 19.4. The number of rotatable bonds is 7. The van der Waals surface area contributed by atoms with Gasteiger partial charge in [0.1, 0.15) is 6.54 Å². The summed E-state index contributed by atoms with van der Waals surface area (Å²) >= 11 is 0. The van der Waals surface area contributed by atoms with Crippen molar-refractivity contribution < 1.29 is 14.4 Å². The van der Waals surface area contributed by atoms with Crippen LogP contribution in [0.15, 0.2) is 30.3 Å². The van der Waals surface area contributed by atoms with E-state index in [9.17, 15) is 14.4 Å². The molecule has 5 heteroatoms. The van der Waals surface area contributed by atoms with Crippen molar-refractivity contribution in [3.05, 3.63) is 35.9 Å². The molecule has 3 rings (SSSR count). The number of carbonyl (C=O) groups is 3. The van der Waals surface area contributed by atoms with Crippen LogP contribution in [0.25, 0.3) is 0 Å². The Balaban J connectivity index is 1.71. The van der Waals surface area contributed by atoms with Crippen molar-refractivity contribution >= 4 is 17.7 Å². The second-order valence-electron chi connectivity index (χ2n) is 7.79. The fourth-order valence-corrected chi connectivity index (χ4v) is 4.64. The lowest BCUT2D eigenvalue weighted by molar-refractivity contribution is -0.143. The van der Waals surface area contributed by atoms with Crippen LogP contribution in [0.1, 0.15) is 64.0 Å². The molecule has 0 bridgehead atoms. The minimum atomic E-state index is -0.254. The summed E-state index contributed by atoms with van der Waals surface area (Å²) in [5.41, 5.74) is 1.06. The molecule has 3 atom stereocenters. The Bertz CT molecular complexity index is 660. The van der Waals surface area contributed by atoms with E-state index in [0.29, 0.717) is 5.92 Å². The van der Waals surface area contributed by atoms with Crippen LogP contribution in [-0.2, 0) is 14.4 Å². The second kappa shape index (κ2) is 8.68. The second-order valence-corrected chi connectivity index (χ2v) is 7.79. The standard InChI is InChI=1S/C22H30N2O3/c1-3-15(4-2)20(16-10-6-5-7-11-16)23-19(25)14-24-21(26)17-12-8-9-13-18(17)22(24)27/h5-7,10-11,15,17-18,20H,3-4,8-9,12-14H2,1-2H3,(H,23,25). The van der Waals surface area contributed by atoms with Crippen molar-refractivity contribution in [2.45, 2.75) is 58.4 Å². The number of amides is 3. The highest BCUT2D eigenvalue weighted by Gasteiger charge is 2.48. The van der Waals surface area contributed by atoms with Gasteiger partial charge in [-0.3, -0.25) is 19.3 Å². The largest absolute Gasteiger partial charge is 0.347 e. The molecule has 0 aromatic heterocycles. The molecule has 3 amide bonds. The topological polar surface area (TPSA) is 66.5 Å². The molecular weight excluding hydrogens is 340 g/mol. The van der Waals surface area contributed by atoms with Gasteiger partial charge in [-0.25, -0.2) is 0 Å². The number of fused-ring (bicyclic) bond motifs is 1. The number of benzene rings is 1. The first-order valence-electron chi connectivity index (χ1n) is 10.3. The van der Waals surface area contributed by atoms with Crippen LogP contribution in [0.3, 0.4) is 0 Å². The van der Waals surface area contributed by atoms with Crippen molar-refractivity contribution in [1.29, 1.82) is 0 Å². The fourth-order valence-electron chi connectivity index (χ4n) is 4.64. The van der Waals surface area contributed by atoms with Gasteiger partial charge in [0.25, 0.3) is 0 Å². The normalized spacial score (nSPS) is 23.4. The average molecular weight is 370 g/mol. The molecule has 1 saturated heterocycles. The van der Waals surface area contributed by atoms with Crippen LogP contribution < -0.4 is 5.32 Å². The zero-order valence-electron chi connectivity index (χ0n) is 16.3. The van der Waals surface area contributed by atoms with Crippen molar-refractivity contribution in [3.63, 3.8) is 0 Å². The molecule has 5 nitrogen and oxygen atoms in total. The lowest BCUT2D eigenvalue weighted by Crippen LogP contribution is -2.43.